The maximum Gasteiger partial charge on any atom is 0.254 e. The van der Waals surface area contributed by atoms with Gasteiger partial charge in [0.05, 0.1) is 19.3 Å². The van der Waals surface area contributed by atoms with Crippen molar-refractivity contribution in [1.82, 2.24) is 15.0 Å². The number of aromatic nitrogens is 2. The van der Waals surface area contributed by atoms with E-state index in [0.717, 1.165) is 18.6 Å². The molecule has 1 atom stereocenters. The third-order valence-corrected chi connectivity index (χ3v) is 4.75. The molecule has 0 spiro atoms. The Morgan fingerprint density at radius 1 is 1.28 bits per heavy atom. The SMILES string of the molecule is O=C(c1cccc(OC2CCCC2)c1)N1CCOC[C@H]1c1ncon1. The van der Waals surface area contributed by atoms with E-state index in [1.165, 1.54) is 19.2 Å². The highest BCUT2D eigenvalue weighted by molar-refractivity contribution is 5.95. The Morgan fingerprint density at radius 2 is 2.16 bits per heavy atom. The van der Waals surface area contributed by atoms with E-state index >= 15 is 0 Å². The minimum atomic E-state index is -0.334. The lowest BCUT2D eigenvalue weighted by atomic mass is 10.1. The van der Waals surface area contributed by atoms with Gasteiger partial charge in [0.2, 0.25) is 6.39 Å². The average molecular weight is 343 g/mol. The van der Waals surface area contributed by atoms with Crippen molar-refractivity contribution in [2.45, 2.75) is 37.8 Å². The Morgan fingerprint density at radius 3 is 2.96 bits per heavy atom. The van der Waals surface area contributed by atoms with Crippen LogP contribution < -0.4 is 4.74 Å². The lowest BCUT2D eigenvalue weighted by molar-refractivity contribution is -0.00579. The zero-order valence-electron chi connectivity index (χ0n) is 14.0. The van der Waals surface area contributed by atoms with Gasteiger partial charge in [-0.15, -0.1) is 0 Å². The summed E-state index contributed by atoms with van der Waals surface area (Å²) in [5, 5.41) is 3.87. The molecule has 0 bridgehead atoms. The van der Waals surface area contributed by atoms with E-state index in [9.17, 15) is 4.79 Å². The van der Waals surface area contributed by atoms with E-state index in [1.807, 2.05) is 24.3 Å². The number of amides is 1. The van der Waals surface area contributed by atoms with Crippen molar-refractivity contribution in [2.24, 2.45) is 0 Å². The quantitative estimate of drug-likeness (QED) is 0.849. The number of hydrogen-bond acceptors (Lipinski definition) is 6. The molecule has 2 fully saturated rings. The van der Waals surface area contributed by atoms with Gasteiger partial charge in [-0.25, -0.2) is 0 Å². The van der Waals surface area contributed by atoms with Gasteiger partial charge in [-0.3, -0.25) is 4.79 Å². The fourth-order valence-electron chi connectivity index (χ4n) is 3.45. The molecule has 1 amide bonds. The first-order valence-electron chi connectivity index (χ1n) is 8.73. The van der Waals surface area contributed by atoms with Crippen LogP contribution in [-0.4, -0.2) is 46.8 Å². The van der Waals surface area contributed by atoms with Gasteiger partial charge in [-0.1, -0.05) is 11.2 Å². The molecule has 1 aliphatic carbocycles. The smallest absolute Gasteiger partial charge is 0.254 e. The summed E-state index contributed by atoms with van der Waals surface area (Å²) in [6.07, 6.45) is 6.12. The molecule has 1 aromatic heterocycles. The molecule has 7 nitrogen and oxygen atoms in total. The first-order chi connectivity index (χ1) is 12.3. The summed E-state index contributed by atoms with van der Waals surface area (Å²) in [6, 6.07) is 7.07. The van der Waals surface area contributed by atoms with E-state index in [2.05, 4.69) is 10.1 Å². The van der Waals surface area contributed by atoms with E-state index in [0.29, 0.717) is 31.1 Å². The summed E-state index contributed by atoms with van der Waals surface area (Å²) in [5.74, 6) is 1.14. The van der Waals surface area contributed by atoms with E-state index in [-0.39, 0.29) is 18.1 Å². The highest BCUT2D eigenvalue weighted by Gasteiger charge is 2.32. The third kappa shape index (κ3) is 3.51. The molecule has 25 heavy (non-hydrogen) atoms. The number of nitrogens with zero attached hydrogens (tertiary/aromatic N) is 3. The summed E-state index contributed by atoms with van der Waals surface area (Å²) in [4.78, 5) is 18.8. The van der Waals surface area contributed by atoms with Crippen molar-refractivity contribution in [3.63, 3.8) is 0 Å². The monoisotopic (exact) mass is 343 g/mol. The second kappa shape index (κ2) is 7.23. The highest BCUT2D eigenvalue weighted by Crippen LogP contribution is 2.27. The molecule has 4 rings (SSSR count). The number of carbonyl (C=O) groups is 1. The Hall–Kier alpha value is -2.41. The fraction of sp³-hybridized carbons (Fsp3) is 0.500. The van der Waals surface area contributed by atoms with Crippen LogP contribution in [0.2, 0.25) is 0 Å². The molecule has 2 heterocycles. The Balaban J connectivity index is 1.52. The van der Waals surface area contributed by atoms with Crippen molar-refractivity contribution < 1.29 is 18.8 Å². The molecule has 7 heteroatoms. The van der Waals surface area contributed by atoms with Gasteiger partial charge in [-0.05, 0) is 43.9 Å². The van der Waals surface area contributed by atoms with Gasteiger partial charge in [0.1, 0.15) is 11.8 Å². The third-order valence-electron chi connectivity index (χ3n) is 4.75. The molecule has 132 valence electrons. The summed E-state index contributed by atoms with van der Waals surface area (Å²) < 4.78 is 16.3. The Bertz CT molecular complexity index is 713. The van der Waals surface area contributed by atoms with E-state index < -0.39 is 0 Å². The zero-order chi connectivity index (χ0) is 17.1. The molecule has 1 saturated heterocycles. The molecule has 1 saturated carbocycles. The second-order valence-corrected chi connectivity index (χ2v) is 6.43. The minimum Gasteiger partial charge on any atom is -0.490 e. The molecule has 0 N–H and O–H groups in total. The van der Waals surface area contributed by atoms with Gasteiger partial charge in [-0.2, -0.15) is 4.98 Å². The number of ether oxygens (including phenoxy) is 2. The fourth-order valence-corrected chi connectivity index (χ4v) is 3.45. The van der Waals surface area contributed by atoms with Crippen molar-refractivity contribution in [2.75, 3.05) is 19.8 Å². The lowest BCUT2D eigenvalue weighted by Gasteiger charge is -2.33. The van der Waals surface area contributed by atoms with Crippen LogP contribution >= 0.6 is 0 Å². The van der Waals surface area contributed by atoms with E-state index in [1.54, 1.807) is 4.90 Å². The number of benzene rings is 1. The largest absolute Gasteiger partial charge is 0.490 e. The average Bonchev–Trinajstić information content (AvgIpc) is 3.35. The predicted molar refractivity (Wildman–Crippen MR) is 88.2 cm³/mol. The van der Waals surface area contributed by atoms with Crippen LogP contribution in [0.15, 0.2) is 35.2 Å². The first kappa shape index (κ1) is 16.1. The molecule has 1 aliphatic heterocycles. The van der Waals surface area contributed by atoms with Crippen molar-refractivity contribution >= 4 is 5.91 Å². The Labute approximate surface area is 145 Å². The minimum absolute atomic E-state index is 0.0741. The molecule has 0 unspecified atom stereocenters. The summed E-state index contributed by atoms with van der Waals surface area (Å²) in [6.45, 7) is 1.35. The molecule has 2 aliphatic rings. The maximum absolute atomic E-state index is 13.0. The number of hydrogen-bond donors (Lipinski definition) is 0. The van der Waals surface area contributed by atoms with Gasteiger partial charge in [0.15, 0.2) is 5.82 Å². The van der Waals surface area contributed by atoms with Gasteiger partial charge in [0.25, 0.3) is 5.91 Å². The van der Waals surface area contributed by atoms with Crippen LogP contribution in [0.25, 0.3) is 0 Å². The summed E-state index contributed by atoms with van der Waals surface area (Å²) in [5.41, 5.74) is 0.603. The van der Waals surface area contributed by atoms with Crippen molar-refractivity contribution in [3.8, 4) is 5.75 Å². The van der Waals surface area contributed by atoms with Gasteiger partial charge >= 0.3 is 0 Å². The van der Waals surface area contributed by atoms with Crippen LogP contribution in [0.1, 0.15) is 47.9 Å². The van der Waals surface area contributed by atoms with Crippen LogP contribution in [0, 0.1) is 0 Å². The van der Waals surface area contributed by atoms with E-state index in [4.69, 9.17) is 14.0 Å². The second-order valence-electron chi connectivity index (χ2n) is 6.43. The van der Waals surface area contributed by atoms with Gasteiger partial charge < -0.3 is 18.9 Å². The molecular formula is C18H21N3O4. The first-order valence-corrected chi connectivity index (χ1v) is 8.73. The van der Waals surface area contributed by atoms with Crippen molar-refractivity contribution in [3.05, 3.63) is 42.0 Å². The number of morpholine rings is 1. The predicted octanol–water partition coefficient (Wildman–Crippen LogP) is 2.60. The standard InChI is InChI=1S/C18H21N3O4/c22-18(21-8-9-23-11-16(21)17-19-12-24-20-17)13-4-3-7-15(10-13)25-14-5-1-2-6-14/h3-4,7,10,12,14,16H,1-2,5-6,8-9,11H2/t16-/m0/s1. The van der Waals surface area contributed by atoms with Crippen LogP contribution in [0.5, 0.6) is 5.75 Å². The number of carbonyl (C=O) groups excluding carboxylic acids is 1. The van der Waals surface area contributed by atoms with Crippen LogP contribution in [0.4, 0.5) is 0 Å². The lowest BCUT2D eigenvalue weighted by Crippen LogP contribution is -2.43. The van der Waals surface area contributed by atoms with Crippen LogP contribution in [-0.2, 0) is 4.74 Å². The van der Waals surface area contributed by atoms with Crippen LogP contribution in [0.3, 0.4) is 0 Å². The maximum atomic E-state index is 13.0. The summed E-state index contributed by atoms with van der Waals surface area (Å²) >= 11 is 0. The topological polar surface area (TPSA) is 77.7 Å². The highest BCUT2D eigenvalue weighted by atomic mass is 16.5. The molecule has 2 aromatic rings. The molecule has 0 radical (unpaired) electrons. The normalized spacial score (nSPS) is 21.4. The molecular weight excluding hydrogens is 322 g/mol. The van der Waals surface area contributed by atoms with Gasteiger partial charge in [0, 0.05) is 12.1 Å². The number of rotatable bonds is 4. The molecule has 1 aromatic carbocycles. The summed E-state index contributed by atoms with van der Waals surface area (Å²) in [7, 11) is 0. The van der Waals surface area contributed by atoms with Crippen molar-refractivity contribution in [1.29, 1.82) is 0 Å². The zero-order valence-corrected chi connectivity index (χ0v) is 14.0. The Kier molecular flexibility index (Phi) is 4.65.